The minimum atomic E-state index is 0.149. The van der Waals surface area contributed by atoms with Crippen LogP contribution in [0.3, 0.4) is 0 Å². The molecule has 3 heteroatoms. The summed E-state index contributed by atoms with van der Waals surface area (Å²) in [7, 11) is 0. The summed E-state index contributed by atoms with van der Waals surface area (Å²) in [4.78, 5) is 0. The van der Waals surface area contributed by atoms with Gasteiger partial charge in [-0.15, -0.1) is 0 Å². The molecule has 1 aromatic rings. The summed E-state index contributed by atoms with van der Waals surface area (Å²) >= 11 is 3.48. The Balaban J connectivity index is 2.39. The largest absolute Gasteiger partial charge is 0.508 e. The zero-order valence-electron chi connectivity index (χ0n) is 8.29. The average molecular weight is 256 g/mol. The second-order valence-corrected chi connectivity index (χ2v) is 5.38. The maximum Gasteiger partial charge on any atom is 0.115 e. The molecule has 0 spiro atoms. The van der Waals surface area contributed by atoms with Crippen LogP contribution in [-0.4, -0.2) is 11.1 Å². The highest BCUT2D eigenvalue weighted by Crippen LogP contribution is 2.58. The van der Waals surface area contributed by atoms with Crippen LogP contribution in [0.5, 0.6) is 5.75 Å². The highest BCUT2D eigenvalue weighted by Gasteiger charge is 2.56. The Morgan fingerprint density at radius 1 is 1.43 bits per heavy atom. The zero-order valence-corrected chi connectivity index (χ0v) is 9.88. The van der Waals surface area contributed by atoms with E-state index in [1.54, 1.807) is 12.1 Å². The lowest BCUT2D eigenvalue weighted by Crippen LogP contribution is -2.06. The van der Waals surface area contributed by atoms with Crippen molar-refractivity contribution in [3.05, 3.63) is 28.2 Å². The van der Waals surface area contributed by atoms with Crippen LogP contribution in [0, 0.1) is 5.41 Å². The van der Waals surface area contributed by atoms with E-state index in [1.807, 2.05) is 6.07 Å². The number of phenols is 1. The van der Waals surface area contributed by atoms with Crippen molar-refractivity contribution in [2.24, 2.45) is 11.1 Å². The van der Waals surface area contributed by atoms with E-state index in [9.17, 15) is 5.11 Å². The van der Waals surface area contributed by atoms with E-state index in [0.29, 0.717) is 11.7 Å². The summed E-state index contributed by atoms with van der Waals surface area (Å²) in [6.45, 7) is 4.30. The van der Waals surface area contributed by atoms with Gasteiger partial charge in [-0.05, 0) is 29.2 Å². The van der Waals surface area contributed by atoms with Crippen molar-refractivity contribution in [1.82, 2.24) is 0 Å². The van der Waals surface area contributed by atoms with Crippen LogP contribution in [0.15, 0.2) is 22.7 Å². The van der Waals surface area contributed by atoms with Crippen molar-refractivity contribution < 1.29 is 5.11 Å². The van der Waals surface area contributed by atoms with Gasteiger partial charge in [-0.3, -0.25) is 0 Å². The van der Waals surface area contributed by atoms with E-state index < -0.39 is 0 Å². The number of benzene rings is 1. The predicted octanol–water partition coefficient (Wildman–Crippen LogP) is 2.61. The summed E-state index contributed by atoms with van der Waals surface area (Å²) in [6.07, 6.45) is 0. The van der Waals surface area contributed by atoms with Crippen molar-refractivity contribution in [3.8, 4) is 5.75 Å². The van der Waals surface area contributed by atoms with Crippen molar-refractivity contribution in [3.63, 3.8) is 0 Å². The molecule has 1 fully saturated rings. The Morgan fingerprint density at radius 3 is 2.50 bits per heavy atom. The standard InChI is InChI=1S/C11H14BrNO/c1-11(2)9(10(11)13)7-5-6(14)3-4-8(7)12/h3-5,9-10,14H,13H2,1-2H3/t9-,10-/m1/s1. The van der Waals surface area contributed by atoms with Crippen LogP contribution in [0.2, 0.25) is 0 Å². The maximum absolute atomic E-state index is 9.41. The molecule has 0 radical (unpaired) electrons. The van der Waals surface area contributed by atoms with Gasteiger partial charge in [0.15, 0.2) is 0 Å². The van der Waals surface area contributed by atoms with E-state index in [0.717, 1.165) is 10.0 Å². The molecule has 1 aliphatic rings. The maximum atomic E-state index is 9.41. The molecule has 2 atom stereocenters. The molecule has 1 aromatic carbocycles. The van der Waals surface area contributed by atoms with Gasteiger partial charge in [0.25, 0.3) is 0 Å². The van der Waals surface area contributed by atoms with Crippen LogP contribution in [0.1, 0.15) is 25.3 Å². The predicted molar refractivity (Wildman–Crippen MR) is 60.3 cm³/mol. The number of phenolic OH excluding ortho intramolecular Hbond substituents is 1. The Morgan fingerprint density at radius 2 is 2.00 bits per heavy atom. The SMILES string of the molecule is CC1(C)[C@H](N)[C@H]1c1cc(O)ccc1Br. The van der Waals surface area contributed by atoms with E-state index in [2.05, 4.69) is 29.8 Å². The van der Waals surface area contributed by atoms with Gasteiger partial charge in [0, 0.05) is 16.4 Å². The lowest BCUT2D eigenvalue weighted by atomic mass is 10.0. The summed E-state index contributed by atoms with van der Waals surface area (Å²) in [5.74, 6) is 0.655. The third kappa shape index (κ3) is 1.35. The molecule has 14 heavy (non-hydrogen) atoms. The molecule has 1 saturated carbocycles. The summed E-state index contributed by atoms with van der Waals surface area (Å²) in [6, 6.07) is 5.53. The number of rotatable bonds is 1. The number of hydrogen-bond acceptors (Lipinski definition) is 2. The number of hydrogen-bond donors (Lipinski definition) is 2. The molecule has 1 aliphatic carbocycles. The van der Waals surface area contributed by atoms with Crippen LogP contribution < -0.4 is 5.73 Å². The van der Waals surface area contributed by atoms with E-state index in [4.69, 9.17) is 5.73 Å². The van der Waals surface area contributed by atoms with Crippen LogP contribution >= 0.6 is 15.9 Å². The second kappa shape index (κ2) is 2.97. The van der Waals surface area contributed by atoms with Crippen LogP contribution in [0.4, 0.5) is 0 Å². The molecule has 2 rings (SSSR count). The molecule has 0 heterocycles. The molecule has 3 N–H and O–H groups in total. The smallest absolute Gasteiger partial charge is 0.115 e. The van der Waals surface area contributed by atoms with Crippen LogP contribution in [0.25, 0.3) is 0 Å². The van der Waals surface area contributed by atoms with Crippen molar-refractivity contribution in [1.29, 1.82) is 0 Å². The first-order valence-corrected chi connectivity index (χ1v) is 5.48. The lowest BCUT2D eigenvalue weighted by Gasteiger charge is -2.06. The van der Waals surface area contributed by atoms with Gasteiger partial charge in [-0.25, -0.2) is 0 Å². The van der Waals surface area contributed by atoms with Gasteiger partial charge in [0.2, 0.25) is 0 Å². The van der Waals surface area contributed by atoms with Crippen LogP contribution in [-0.2, 0) is 0 Å². The Hall–Kier alpha value is -0.540. The van der Waals surface area contributed by atoms with Gasteiger partial charge in [-0.2, -0.15) is 0 Å². The third-order valence-electron chi connectivity index (χ3n) is 3.23. The zero-order chi connectivity index (χ0) is 10.5. The fourth-order valence-electron chi connectivity index (χ4n) is 2.04. The monoisotopic (exact) mass is 255 g/mol. The minimum Gasteiger partial charge on any atom is -0.508 e. The van der Waals surface area contributed by atoms with E-state index in [1.165, 1.54) is 0 Å². The molecule has 2 nitrogen and oxygen atoms in total. The van der Waals surface area contributed by atoms with Gasteiger partial charge in [0.1, 0.15) is 5.75 Å². The normalized spacial score (nSPS) is 28.9. The first-order chi connectivity index (χ1) is 6.44. The number of halogens is 1. The lowest BCUT2D eigenvalue weighted by molar-refractivity contribution is 0.474. The molecule has 0 bridgehead atoms. The fourth-order valence-corrected chi connectivity index (χ4v) is 2.53. The average Bonchev–Trinajstić information content (AvgIpc) is 2.58. The van der Waals surface area contributed by atoms with Gasteiger partial charge >= 0.3 is 0 Å². The number of aromatic hydroxyl groups is 1. The molecule has 0 aliphatic heterocycles. The highest BCUT2D eigenvalue weighted by molar-refractivity contribution is 9.10. The van der Waals surface area contributed by atoms with Crippen molar-refractivity contribution in [2.75, 3.05) is 0 Å². The number of nitrogens with two attached hydrogens (primary N) is 1. The molecule has 76 valence electrons. The second-order valence-electron chi connectivity index (χ2n) is 4.53. The van der Waals surface area contributed by atoms with Crippen molar-refractivity contribution >= 4 is 15.9 Å². The van der Waals surface area contributed by atoms with Gasteiger partial charge in [-0.1, -0.05) is 29.8 Å². The fraction of sp³-hybridized carbons (Fsp3) is 0.455. The topological polar surface area (TPSA) is 46.2 Å². The Bertz CT molecular complexity index is 376. The van der Waals surface area contributed by atoms with E-state index >= 15 is 0 Å². The summed E-state index contributed by atoms with van der Waals surface area (Å²) < 4.78 is 1.03. The van der Waals surface area contributed by atoms with E-state index in [-0.39, 0.29) is 11.5 Å². The Labute approximate surface area is 92.3 Å². The molecular weight excluding hydrogens is 242 g/mol. The quantitative estimate of drug-likeness (QED) is 0.811. The van der Waals surface area contributed by atoms with Gasteiger partial charge in [0.05, 0.1) is 0 Å². The van der Waals surface area contributed by atoms with Crippen molar-refractivity contribution in [2.45, 2.75) is 25.8 Å². The third-order valence-corrected chi connectivity index (χ3v) is 3.95. The molecule has 0 aromatic heterocycles. The minimum absolute atomic E-state index is 0.149. The first-order valence-electron chi connectivity index (χ1n) is 4.68. The first kappa shape index (κ1) is 9.99. The van der Waals surface area contributed by atoms with Gasteiger partial charge < -0.3 is 10.8 Å². The molecule has 0 unspecified atom stereocenters. The molecule has 0 saturated heterocycles. The Kier molecular flexibility index (Phi) is 2.12. The highest BCUT2D eigenvalue weighted by atomic mass is 79.9. The molecule has 0 amide bonds. The summed E-state index contributed by atoms with van der Waals surface area (Å²) in [5, 5.41) is 9.41. The molecular formula is C11H14BrNO. The summed E-state index contributed by atoms with van der Waals surface area (Å²) in [5.41, 5.74) is 7.26.